The zero-order chi connectivity index (χ0) is 23.5. The van der Waals surface area contributed by atoms with Crippen molar-refractivity contribution in [2.75, 3.05) is 11.9 Å². The molecule has 0 saturated heterocycles. The number of alkyl halides is 2. The van der Waals surface area contributed by atoms with Gasteiger partial charge in [-0.3, -0.25) is 5.32 Å². The van der Waals surface area contributed by atoms with Crippen LogP contribution in [-0.4, -0.2) is 23.9 Å². The average Bonchev–Trinajstić information content (AvgIpc) is 3.54. The summed E-state index contributed by atoms with van der Waals surface area (Å²) in [5.41, 5.74) is 3.25. The summed E-state index contributed by atoms with van der Waals surface area (Å²) in [4.78, 5) is 11.9. The van der Waals surface area contributed by atoms with Gasteiger partial charge in [0, 0.05) is 23.7 Å². The van der Waals surface area contributed by atoms with Gasteiger partial charge in [0.2, 0.25) is 0 Å². The highest BCUT2D eigenvalue weighted by Gasteiger charge is 2.27. The van der Waals surface area contributed by atoms with E-state index in [0.29, 0.717) is 41.2 Å². The predicted octanol–water partition coefficient (Wildman–Crippen LogP) is 6.40. The quantitative estimate of drug-likeness (QED) is 0.428. The van der Waals surface area contributed by atoms with Gasteiger partial charge in [-0.2, -0.15) is 14.0 Å². The van der Waals surface area contributed by atoms with Crippen LogP contribution in [0.2, 0.25) is 0 Å². The van der Waals surface area contributed by atoms with E-state index in [-0.39, 0.29) is 11.7 Å². The molecule has 33 heavy (non-hydrogen) atoms. The van der Waals surface area contributed by atoms with Gasteiger partial charge in [-0.05, 0) is 54.5 Å². The molecule has 2 aromatic carbocycles. The number of carbonyl (C=O) groups is 1. The molecule has 0 unspecified atom stereocenters. The van der Waals surface area contributed by atoms with Crippen LogP contribution in [0.3, 0.4) is 0 Å². The number of ether oxygens (including phenoxy) is 2. The zero-order valence-corrected chi connectivity index (χ0v) is 18.5. The summed E-state index contributed by atoms with van der Waals surface area (Å²) in [5.74, 6) is 0.785. The first-order valence-electron chi connectivity index (χ1n) is 10.9. The summed E-state index contributed by atoms with van der Waals surface area (Å²) in [6.45, 7) is 2.01. The van der Waals surface area contributed by atoms with Crippen molar-refractivity contribution in [2.45, 2.75) is 39.8 Å². The van der Waals surface area contributed by atoms with Gasteiger partial charge >= 0.3 is 12.7 Å². The van der Waals surface area contributed by atoms with E-state index in [1.807, 2.05) is 30.5 Å². The molecule has 0 spiro atoms. The van der Waals surface area contributed by atoms with Crippen molar-refractivity contribution in [3.05, 3.63) is 48.0 Å². The molecule has 1 heterocycles. The Morgan fingerprint density at radius 3 is 2.55 bits per heavy atom. The number of rotatable bonds is 8. The van der Waals surface area contributed by atoms with Gasteiger partial charge in [-0.25, -0.2) is 4.79 Å². The van der Waals surface area contributed by atoms with Gasteiger partial charge in [0.15, 0.2) is 0 Å². The molecule has 6 nitrogen and oxygen atoms in total. The standard InChI is InChI=1S/C25H25F2N3O3/c1-15(2)14-32-25(31)29-18-7-5-17(6-8-18)23-21(12-28)20-10-9-19(33-24(26)27)11-22(20)30(23)13-16-3-4-16/h5-11,15-16,24H,3-4,13-14H2,1-2H3,(H,29,31). The first-order chi connectivity index (χ1) is 15.9. The fourth-order valence-electron chi connectivity index (χ4n) is 3.77. The molecule has 0 bridgehead atoms. The van der Waals surface area contributed by atoms with E-state index in [1.165, 1.54) is 6.07 Å². The number of carbonyl (C=O) groups excluding carboxylic acids is 1. The maximum absolute atomic E-state index is 12.8. The largest absolute Gasteiger partial charge is 0.449 e. The fourth-order valence-corrected chi connectivity index (χ4v) is 3.77. The Morgan fingerprint density at radius 2 is 1.94 bits per heavy atom. The monoisotopic (exact) mass is 453 g/mol. The summed E-state index contributed by atoms with van der Waals surface area (Å²) in [5, 5.41) is 13.3. The second kappa shape index (κ2) is 9.49. The van der Waals surface area contributed by atoms with E-state index in [2.05, 4.69) is 16.1 Å². The number of amides is 1. The highest BCUT2D eigenvalue weighted by molar-refractivity contribution is 5.95. The van der Waals surface area contributed by atoms with Crippen LogP contribution < -0.4 is 10.1 Å². The molecule has 172 valence electrons. The predicted molar refractivity (Wildman–Crippen MR) is 121 cm³/mol. The molecule has 0 atom stereocenters. The minimum Gasteiger partial charge on any atom is -0.449 e. The summed E-state index contributed by atoms with van der Waals surface area (Å²) in [6, 6.07) is 14.1. The van der Waals surface area contributed by atoms with Gasteiger partial charge in [-0.15, -0.1) is 0 Å². The average molecular weight is 453 g/mol. The molecule has 1 N–H and O–H groups in total. The molecule has 0 aliphatic heterocycles. The first-order valence-corrected chi connectivity index (χ1v) is 10.9. The lowest BCUT2D eigenvalue weighted by molar-refractivity contribution is -0.0497. The van der Waals surface area contributed by atoms with Crippen molar-refractivity contribution < 1.29 is 23.0 Å². The maximum atomic E-state index is 12.8. The smallest absolute Gasteiger partial charge is 0.411 e. The maximum Gasteiger partial charge on any atom is 0.411 e. The molecule has 1 aromatic heterocycles. The van der Waals surface area contributed by atoms with Crippen LogP contribution in [0.1, 0.15) is 32.3 Å². The molecule has 1 fully saturated rings. The minimum atomic E-state index is -2.92. The number of hydrogen-bond donors (Lipinski definition) is 1. The number of halogens is 2. The second-order valence-corrected chi connectivity index (χ2v) is 8.64. The van der Waals surface area contributed by atoms with Gasteiger partial charge < -0.3 is 14.0 Å². The summed E-state index contributed by atoms with van der Waals surface area (Å²) in [7, 11) is 0. The van der Waals surface area contributed by atoms with Crippen LogP contribution in [0.5, 0.6) is 5.75 Å². The third-order valence-corrected chi connectivity index (χ3v) is 5.46. The van der Waals surface area contributed by atoms with E-state index in [9.17, 15) is 18.8 Å². The number of benzene rings is 2. The van der Waals surface area contributed by atoms with Gasteiger partial charge in [0.1, 0.15) is 11.8 Å². The lowest BCUT2D eigenvalue weighted by Gasteiger charge is -2.13. The number of nitriles is 1. The van der Waals surface area contributed by atoms with Crippen LogP contribution >= 0.6 is 0 Å². The van der Waals surface area contributed by atoms with E-state index in [4.69, 9.17) is 4.74 Å². The second-order valence-electron chi connectivity index (χ2n) is 8.64. The van der Waals surface area contributed by atoms with Crippen molar-refractivity contribution in [2.24, 2.45) is 11.8 Å². The molecular weight excluding hydrogens is 428 g/mol. The van der Waals surface area contributed by atoms with Crippen LogP contribution in [0, 0.1) is 23.2 Å². The molecule has 1 aliphatic carbocycles. The molecule has 1 amide bonds. The van der Waals surface area contributed by atoms with Crippen molar-refractivity contribution in [1.29, 1.82) is 5.26 Å². The summed E-state index contributed by atoms with van der Waals surface area (Å²) < 4.78 is 37.3. The number of hydrogen-bond acceptors (Lipinski definition) is 4. The number of nitrogens with zero attached hydrogens (tertiary/aromatic N) is 2. The lowest BCUT2D eigenvalue weighted by atomic mass is 10.1. The topological polar surface area (TPSA) is 76.3 Å². The van der Waals surface area contributed by atoms with Crippen LogP contribution in [-0.2, 0) is 11.3 Å². The Balaban J connectivity index is 1.70. The Labute approximate surface area is 190 Å². The third-order valence-electron chi connectivity index (χ3n) is 5.46. The highest BCUT2D eigenvalue weighted by atomic mass is 19.3. The van der Waals surface area contributed by atoms with E-state index in [1.54, 1.807) is 24.3 Å². The molecule has 4 rings (SSSR count). The third kappa shape index (κ3) is 5.25. The Kier molecular flexibility index (Phi) is 6.50. The SMILES string of the molecule is CC(C)COC(=O)Nc1ccc(-c2c(C#N)c3ccc(OC(F)F)cc3n2CC2CC2)cc1. The van der Waals surface area contributed by atoms with Gasteiger partial charge in [0.05, 0.1) is 23.4 Å². The van der Waals surface area contributed by atoms with E-state index < -0.39 is 12.7 Å². The number of nitrogens with one attached hydrogen (secondary N) is 1. The van der Waals surface area contributed by atoms with Gasteiger partial charge in [0.25, 0.3) is 0 Å². The van der Waals surface area contributed by atoms with Crippen LogP contribution in [0.15, 0.2) is 42.5 Å². The Bertz CT molecular complexity index is 1190. The molecular formula is C25H25F2N3O3. The Morgan fingerprint density at radius 1 is 1.21 bits per heavy atom. The lowest BCUT2D eigenvalue weighted by Crippen LogP contribution is -2.16. The molecule has 1 saturated carbocycles. The summed E-state index contributed by atoms with van der Waals surface area (Å²) in [6.07, 6.45) is 1.66. The number of aromatic nitrogens is 1. The fraction of sp³-hybridized carbons (Fsp3) is 0.360. The minimum absolute atomic E-state index is 0.0579. The highest BCUT2D eigenvalue weighted by Crippen LogP contribution is 2.39. The van der Waals surface area contributed by atoms with Crippen molar-refractivity contribution in [1.82, 2.24) is 4.57 Å². The van der Waals surface area contributed by atoms with Crippen molar-refractivity contribution in [3.63, 3.8) is 0 Å². The molecule has 8 heteroatoms. The summed E-state index contributed by atoms with van der Waals surface area (Å²) >= 11 is 0. The van der Waals surface area contributed by atoms with Crippen LogP contribution in [0.25, 0.3) is 22.2 Å². The number of anilines is 1. The van der Waals surface area contributed by atoms with Crippen LogP contribution in [0.4, 0.5) is 19.3 Å². The number of fused-ring (bicyclic) bond motifs is 1. The Hall–Kier alpha value is -3.60. The van der Waals surface area contributed by atoms with Gasteiger partial charge in [-0.1, -0.05) is 26.0 Å². The van der Waals surface area contributed by atoms with E-state index in [0.717, 1.165) is 24.1 Å². The van der Waals surface area contributed by atoms with Crippen molar-refractivity contribution in [3.8, 4) is 23.1 Å². The first kappa shape index (κ1) is 22.6. The normalized spacial score (nSPS) is 13.4. The molecule has 3 aromatic rings. The van der Waals surface area contributed by atoms with E-state index >= 15 is 0 Å². The zero-order valence-electron chi connectivity index (χ0n) is 18.5. The van der Waals surface area contributed by atoms with Crippen molar-refractivity contribution >= 4 is 22.7 Å². The molecule has 0 radical (unpaired) electrons. The molecule has 1 aliphatic rings.